The van der Waals surface area contributed by atoms with Gasteiger partial charge in [-0.2, -0.15) is 4.37 Å². The minimum Gasteiger partial charge on any atom is -0.366 e. The maximum atomic E-state index is 5.73. The summed E-state index contributed by atoms with van der Waals surface area (Å²) in [5.74, 6) is 0.715. The lowest BCUT2D eigenvalue weighted by Crippen LogP contribution is -2.08. The molecule has 5 heteroatoms. The Hall–Kier alpha value is -1.46. The van der Waals surface area contributed by atoms with Crippen molar-refractivity contribution >= 4 is 16.7 Å². The summed E-state index contributed by atoms with van der Waals surface area (Å²) in [6.07, 6.45) is -0.181. The van der Waals surface area contributed by atoms with Crippen molar-refractivity contribution in [2.75, 3.05) is 19.0 Å². The molecule has 1 heterocycles. The number of hydrogen-bond acceptors (Lipinski definition) is 5. The van der Waals surface area contributed by atoms with Crippen molar-refractivity contribution in [3.63, 3.8) is 0 Å². The molecule has 0 spiro atoms. The summed E-state index contributed by atoms with van der Waals surface area (Å²) in [5.41, 5.74) is 1.08. The van der Waals surface area contributed by atoms with Crippen LogP contribution in [0.4, 0.5) is 5.13 Å². The van der Waals surface area contributed by atoms with Gasteiger partial charge in [0, 0.05) is 25.2 Å². The summed E-state index contributed by atoms with van der Waals surface area (Å²) in [4.78, 5) is 4.40. The van der Waals surface area contributed by atoms with Crippen molar-refractivity contribution < 1.29 is 4.74 Å². The van der Waals surface area contributed by atoms with E-state index in [-0.39, 0.29) is 6.10 Å². The summed E-state index contributed by atoms with van der Waals surface area (Å²) in [7, 11) is 1.84. The van der Waals surface area contributed by atoms with E-state index in [1.54, 1.807) is 0 Å². The van der Waals surface area contributed by atoms with E-state index < -0.39 is 0 Å². The molecule has 4 nitrogen and oxygen atoms in total. The van der Waals surface area contributed by atoms with Gasteiger partial charge in [-0.3, -0.25) is 0 Å². The third-order valence-corrected chi connectivity index (χ3v) is 3.07. The number of anilines is 1. The van der Waals surface area contributed by atoms with E-state index in [2.05, 4.69) is 14.7 Å². The van der Waals surface area contributed by atoms with Crippen LogP contribution in [-0.2, 0) is 4.74 Å². The first-order valence-corrected chi connectivity index (χ1v) is 6.30. The molecule has 1 unspecified atom stereocenters. The van der Waals surface area contributed by atoms with Gasteiger partial charge in [-0.05, 0) is 12.5 Å². The fraction of sp³-hybridized carbons (Fsp3) is 0.333. The average Bonchev–Trinajstić information content (AvgIpc) is 2.85. The SMILES string of the molecule is CCOC(c1ccccc1)c1nsc(NC)n1. The average molecular weight is 249 g/mol. The zero-order chi connectivity index (χ0) is 12.1. The van der Waals surface area contributed by atoms with Crippen molar-refractivity contribution in [3.8, 4) is 0 Å². The van der Waals surface area contributed by atoms with E-state index in [1.165, 1.54) is 11.5 Å². The quantitative estimate of drug-likeness (QED) is 0.885. The third kappa shape index (κ3) is 2.81. The molecule has 0 aliphatic carbocycles. The second-order valence-corrected chi connectivity index (χ2v) is 4.21. The van der Waals surface area contributed by atoms with Crippen LogP contribution >= 0.6 is 11.5 Å². The van der Waals surface area contributed by atoms with Gasteiger partial charge in [0.15, 0.2) is 5.82 Å². The highest BCUT2D eigenvalue weighted by atomic mass is 32.1. The minimum absolute atomic E-state index is 0.181. The lowest BCUT2D eigenvalue weighted by atomic mass is 10.1. The van der Waals surface area contributed by atoms with Gasteiger partial charge in [0.1, 0.15) is 6.10 Å². The van der Waals surface area contributed by atoms with E-state index in [0.717, 1.165) is 10.7 Å². The first kappa shape index (κ1) is 12.0. The lowest BCUT2D eigenvalue weighted by molar-refractivity contribution is 0.0861. The first-order valence-electron chi connectivity index (χ1n) is 5.53. The van der Waals surface area contributed by atoms with Crippen LogP contribution in [0.5, 0.6) is 0 Å². The van der Waals surface area contributed by atoms with Crippen molar-refractivity contribution in [1.82, 2.24) is 9.36 Å². The van der Waals surface area contributed by atoms with Gasteiger partial charge in [0.2, 0.25) is 5.13 Å². The van der Waals surface area contributed by atoms with Gasteiger partial charge >= 0.3 is 0 Å². The van der Waals surface area contributed by atoms with E-state index in [0.29, 0.717) is 12.4 Å². The van der Waals surface area contributed by atoms with Gasteiger partial charge < -0.3 is 10.1 Å². The van der Waals surface area contributed by atoms with Crippen LogP contribution in [0.15, 0.2) is 30.3 Å². The maximum Gasteiger partial charge on any atom is 0.202 e. The van der Waals surface area contributed by atoms with Crippen molar-refractivity contribution in [3.05, 3.63) is 41.7 Å². The van der Waals surface area contributed by atoms with Gasteiger partial charge in [-0.1, -0.05) is 30.3 Å². The summed E-state index contributed by atoms with van der Waals surface area (Å²) in [6, 6.07) is 10.0. The second kappa shape index (κ2) is 5.75. The fourth-order valence-corrected chi connectivity index (χ4v) is 2.10. The standard InChI is InChI=1S/C12H15N3OS/c1-3-16-10(9-7-5-4-6-8-9)11-14-12(13-2)17-15-11/h4-8,10H,3H2,1-2H3,(H,13,14,15). The van der Waals surface area contributed by atoms with Crippen molar-refractivity contribution in [1.29, 1.82) is 0 Å². The number of nitrogens with zero attached hydrogens (tertiary/aromatic N) is 2. The Balaban J connectivity index is 2.28. The summed E-state index contributed by atoms with van der Waals surface area (Å²) < 4.78 is 10.1. The molecule has 0 aliphatic heterocycles. The van der Waals surface area contributed by atoms with E-state index in [4.69, 9.17) is 4.74 Å². The molecule has 1 atom stereocenters. The predicted molar refractivity (Wildman–Crippen MR) is 69.4 cm³/mol. The van der Waals surface area contributed by atoms with Crippen molar-refractivity contribution in [2.24, 2.45) is 0 Å². The molecule has 17 heavy (non-hydrogen) atoms. The number of benzene rings is 1. The Kier molecular flexibility index (Phi) is 4.06. The fourth-order valence-electron chi connectivity index (χ4n) is 1.56. The van der Waals surface area contributed by atoms with E-state index >= 15 is 0 Å². The van der Waals surface area contributed by atoms with Crippen LogP contribution in [0.3, 0.4) is 0 Å². The second-order valence-electron chi connectivity index (χ2n) is 3.45. The van der Waals surface area contributed by atoms with Crippen LogP contribution in [0.2, 0.25) is 0 Å². The van der Waals surface area contributed by atoms with Crippen LogP contribution in [0.25, 0.3) is 0 Å². The molecule has 2 aromatic rings. The molecule has 0 fully saturated rings. The molecule has 2 rings (SSSR count). The van der Waals surface area contributed by atoms with Gasteiger partial charge in [-0.15, -0.1) is 0 Å². The molecule has 90 valence electrons. The number of nitrogens with one attached hydrogen (secondary N) is 1. The zero-order valence-corrected chi connectivity index (χ0v) is 10.7. The first-order chi connectivity index (χ1) is 8.35. The molecular weight excluding hydrogens is 234 g/mol. The Morgan fingerprint density at radius 3 is 2.71 bits per heavy atom. The van der Waals surface area contributed by atoms with Crippen LogP contribution < -0.4 is 5.32 Å². The molecule has 0 saturated heterocycles. The molecule has 0 aliphatic rings. The highest BCUT2D eigenvalue weighted by Crippen LogP contribution is 2.25. The molecule has 0 radical (unpaired) electrons. The number of hydrogen-bond donors (Lipinski definition) is 1. The minimum atomic E-state index is -0.181. The molecule has 1 aromatic carbocycles. The van der Waals surface area contributed by atoms with Gasteiger partial charge in [0.25, 0.3) is 0 Å². The van der Waals surface area contributed by atoms with Gasteiger partial charge in [0.05, 0.1) is 0 Å². The highest BCUT2D eigenvalue weighted by Gasteiger charge is 2.18. The molecular formula is C12H15N3OS. The normalized spacial score (nSPS) is 12.4. The number of aromatic nitrogens is 2. The molecule has 1 N–H and O–H groups in total. The Morgan fingerprint density at radius 2 is 2.12 bits per heavy atom. The number of rotatable bonds is 5. The lowest BCUT2D eigenvalue weighted by Gasteiger charge is -2.13. The Morgan fingerprint density at radius 1 is 1.35 bits per heavy atom. The molecule has 0 amide bonds. The summed E-state index contributed by atoms with van der Waals surface area (Å²) in [6.45, 7) is 2.61. The Labute approximate surface area is 105 Å². The zero-order valence-electron chi connectivity index (χ0n) is 9.88. The van der Waals surface area contributed by atoms with E-state index in [9.17, 15) is 0 Å². The highest BCUT2D eigenvalue weighted by molar-refractivity contribution is 7.09. The molecule has 0 bridgehead atoms. The predicted octanol–water partition coefficient (Wildman–Crippen LogP) is 2.71. The molecule has 0 saturated carbocycles. The smallest absolute Gasteiger partial charge is 0.202 e. The monoisotopic (exact) mass is 249 g/mol. The maximum absolute atomic E-state index is 5.73. The van der Waals surface area contributed by atoms with Gasteiger partial charge in [-0.25, -0.2) is 4.98 Å². The topological polar surface area (TPSA) is 47.0 Å². The number of ether oxygens (including phenoxy) is 1. The van der Waals surface area contributed by atoms with Crippen molar-refractivity contribution in [2.45, 2.75) is 13.0 Å². The Bertz CT molecular complexity index is 458. The molecule has 1 aromatic heterocycles. The van der Waals surface area contributed by atoms with Crippen LogP contribution in [-0.4, -0.2) is 23.0 Å². The largest absolute Gasteiger partial charge is 0.366 e. The summed E-state index contributed by atoms with van der Waals surface area (Å²) >= 11 is 1.35. The third-order valence-electron chi connectivity index (χ3n) is 2.33. The van der Waals surface area contributed by atoms with Crippen LogP contribution in [0, 0.1) is 0 Å². The summed E-state index contributed by atoms with van der Waals surface area (Å²) in [5, 5.41) is 3.79. The van der Waals surface area contributed by atoms with E-state index in [1.807, 2.05) is 44.3 Å². The van der Waals surface area contributed by atoms with Crippen LogP contribution in [0.1, 0.15) is 24.4 Å².